The number of hydrogen-bond acceptors (Lipinski definition) is 1. The van der Waals surface area contributed by atoms with Crippen LogP contribution >= 0.6 is 11.6 Å². The highest BCUT2D eigenvalue weighted by Gasteiger charge is 2.30. The van der Waals surface area contributed by atoms with Crippen molar-refractivity contribution in [2.24, 2.45) is 0 Å². The summed E-state index contributed by atoms with van der Waals surface area (Å²) in [7, 11) is 0. The fourth-order valence-electron chi connectivity index (χ4n) is 1.56. The lowest BCUT2D eigenvalue weighted by molar-refractivity contribution is -0.126. The zero-order chi connectivity index (χ0) is 9.90. The van der Waals surface area contributed by atoms with Crippen molar-refractivity contribution >= 4 is 11.6 Å². The molecule has 2 atom stereocenters. The average Bonchev–Trinajstić information content (AvgIpc) is 2.01. The largest absolute Gasteiger partial charge is 0.401 e. The summed E-state index contributed by atoms with van der Waals surface area (Å²) in [6.07, 6.45) is -0.563. The fraction of sp³-hybridized carbons (Fsp3) is 1.00. The van der Waals surface area contributed by atoms with Crippen LogP contribution in [0.15, 0.2) is 0 Å². The van der Waals surface area contributed by atoms with E-state index in [1.807, 2.05) is 0 Å². The van der Waals surface area contributed by atoms with Gasteiger partial charge in [-0.05, 0) is 12.8 Å². The molecule has 1 rings (SSSR count). The quantitative estimate of drug-likeness (QED) is 0.699. The first-order valence-corrected chi connectivity index (χ1v) is 4.87. The molecule has 2 unspecified atom stereocenters. The Morgan fingerprint density at radius 3 is 2.38 bits per heavy atom. The van der Waals surface area contributed by atoms with Gasteiger partial charge in [0.1, 0.15) is 0 Å². The third-order valence-corrected chi connectivity index (χ3v) is 2.77. The van der Waals surface area contributed by atoms with Crippen molar-refractivity contribution in [3.63, 3.8) is 0 Å². The maximum absolute atomic E-state index is 11.8. The summed E-state index contributed by atoms with van der Waals surface area (Å²) in [6, 6.07) is -0.169. The summed E-state index contributed by atoms with van der Waals surface area (Å²) in [5.41, 5.74) is 0. The molecule has 0 aliphatic heterocycles. The van der Waals surface area contributed by atoms with Crippen molar-refractivity contribution in [2.75, 3.05) is 6.54 Å². The van der Waals surface area contributed by atoms with Gasteiger partial charge in [0.2, 0.25) is 0 Å². The number of alkyl halides is 4. The van der Waals surface area contributed by atoms with Crippen LogP contribution in [0.5, 0.6) is 0 Å². The highest BCUT2D eigenvalue weighted by molar-refractivity contribution is 6.21. The lowest BCUT2D eigenvalue weighted by Gasteiger charge is -2.28. The van der Waals surface area contributed by atoms with Crippen molar-refractivity contribution in [3.05, 3.63) is 0 Å². The van der Waals surface area contributed by atoms with Crippen LogP contribution in [0.2, 0.25) is 0 Å². The Balaban J connectivity index is 2.27. The van der Waals surface area contributed by atoms with E-state index in [2.05, 4.69) is 5.32 Å². The molecule has 1 N–H and O–H groups in total. The predicted molar refractivity (Wildman–Crippen MR) is 46.0 cm³/mol. The van der Waals surface area contributed by atoms with Crippen LogP contribution in [0.1, 0.15) is 25.7 Å². The third-order valence-electron chi connectivity index (χ3n) is 2.25. The maximum atomic E-state index is 11.8. The third kappa shape index (κ3) is 4.18. The molecule has 13 heavy (non-hydrogen) atoms. The van der Waals surface area contributed by atoms with E-state index in [4.69, 9.17) is 11.6 Å². The van der Waals surface area contributed by atoms with Crippen molar-refractivity contribution in [3.8, 4) is 0 Å². The molecule has 0 amide bonds. The van der Waals surface area contributed by atoms with Gasteiger partial charge < -0.3 is 5.32 Å². The molecule has 0 aromatic carbocycles. The molecule has 1 aliphatic carbocycles. The van der Waals surface area contributed by atoms with E-state index in [-0.39, 0.29) is 11.4 Å². The first kappa shape index (κ1) is 11.1. The second-order valence-corrected chi connectivity index (χ2v) is 3.96. The van der Waals surface area contributed by atoms with Gasteiger partial charge in [0, 0.05) is 11.4 Å². The first-order valence-electron chi connectivity index (χ1n) is 4.43. The molecule has 1 fully saturated rings. The van der Waals surface area contributed by atoms with Crippen molar-refractivity contribution < 1.29 is 13.2 Å². The second kappa shape index (κ2) is 4.51. The van der Waals surface area contributed by atoms with Crippen LogP contribution in [-0.2, 0) is 0 Å². The van der Waals surface area contributed by atoms with Gasteiger partial charge in [-0.3, -0.25) is 0 Å². The highest BCUT2D eigenvalue weighted by Crippen LogP contribution is 2.24. The molecule has 0 heterocycles. The van der Waals surface area contributed by atoms with Crippen LogP contribution in [0.4, 0.5) is 13.2 Å². The van der Waals surface area contributed by atoms with Crippen LogP contribution in [0, 0.1) is 0 Å². The smallest absolute Gasteiger partial charge is 0.304 e. The normalized spacial score (nSPS) is 30.5. The van der Waals surface area contributed by atoms with Gasteiger partial charge in [-0.2, -0.15) is 13.2 Å². The number of rotatable bonds is 2. The Hall–Kier alpha value is 0.0400. The van der Waals surface area contributed by atoms with E-state index >= 15 is 0 Å². The minimum atomic E-state index is -4.13. The van der Waals surface area contributed by atoms with Crippen molar-refractivity contribution in [1.82, 2.24) is 5.32 Å². The Morgan fingerprint density at radius 2 is 1.85 bits per heavy atom. The zero-order valence-electron chi connectivity index (χ0n) is 7.20. The van der Waals surface area contributed by atoms with Crippen LogP contribution < -0.4 is 5.32 Å². The highest BCUT2D eigenvalue weighted by atomic mass is 35.5. The molecule has 0 spiro atoms. The summed E-state index contributed by atoms with van der Waals surface area (Å²) in [5.74, 6) is 0. The summed E-state index contributed by atoms with van der Waals surface area (Å²) in [6.45, 7) is -0.930. The molecule has 0 bridgehead atoms. The molecular formula is C8H13ClF3N. The first-order chi connectivity index (χ1) is 5.99. The molecule has 78 valence electrons. The molecule has 1 aliphatic rings. The molecule has 0 aromatic rings. The van der Waals surface area contributed by atoms with Gasteiger partial charge >= 0.3 is 6.18 Å². The monoisotopic (exact) mass is 215 g/mol. The summed E-state index contributed by atoms with van der Waals surface area (Å²) in [4.78, 5) is 0. The molecule has 1 saturated carbocycles. The van der Waals surface area contributed by atoms with Crippen LogP contribution in [0.3, 0.4) is 0 Å². The Labute approximate surface area is 80.6 Å². The lowest BCUT2D eigenvalue weighted by atomic mass is 9.95. The Kier molecular flexibility index (Phi) is 3.86. The number of hydrogen-bond donors (Lipinski definition) is 1. The van der Waals surface area contributed by atoms with E-state index in [1.54, 1.807) is 0 Å². The Morgan fingerprint density at radius 1 is 1.23 bits per heavy atom. The number of nitrogens with one attached hydrogen (secondary N) is 1. The van der Waals surface area contributed by atoms with Crippen LogP contribution in [0.25, 0.3) is 0 Å². The minimum Gasteiger partial charge on any atom is -0.304 e. The molecule has 0 radical (unpaired) electrons. The van der Waals surface area contributed by atoms with Gasteiger partial charge in [-0.15, -0.1) is 11.6 Å². The van der Waals surface area contributed by atoms with Crippen molar-refractivity contribution in [1.29, 1.82) is 0 Å². The maximum Gasteiger partial charge on any atom is 0.401 e. The van der Waals surface area contributed by atoms with Gasteiger partial charge in [-0.25, -0.2) is 0 Å². The molecular weight excluding hydrogens is 203 g/mol. The van der Waals surface area contributed by atoms with E-state index in [0.29, 0.717) is 0 Å². The predicted octanol–water partition coefficient (Wildman–Crippen LogP) is 2.69. The summed E-state index contributed by atoms with van der Waals surface area (Å²) >= 11 is 5.88. The Bertz CT molecular complexity index is 160. The molecule has 1 nitrogen and oxygen atoms in total. The second-order valence-electron chi connectivity index (χ2n) is 3.40. The van der Waals surface area contributed by atoms with Crippen LogP contribution in [-0.4, -0.2) is 24.1 Å². The van der Waals surface area contributed by atoms with E-state index in [0.717, 1.165) is 25.7 Å². The van der Waals surface area contributed by atoms with Gasteiger partial charge in [0.15, 0.2) is 0 Å². The zero-order valence-corrected chi connectivity index (χ0v) is 7.96. The van der Waals surface area contributed by atoms with E-state index in [9.17, 15) is 13.2 Å². The molecule has 5 heteroatoms. The summed E-state index contributed by atoms with van der Waals surface area (Å²) in [5, 5.41) is 2.31. The van der Waals surface area contributed by atoms with Gasteiger partial charge in [0.25, 0.3) is 0 Å². The lowest BCUT2D eigenvalue weighted by Crippen LogP contribution is -2.43. The van der Waals surface area contributed by atoms with E-state index in [1.165, 1.54) is 0 Å². The average molecular weight is 216 g/mol. The van der Waals surface area contributed by atoms with Gasteiger partial charge in [0.05, 0.1) is 6.54 Å². The fourth-order valence-corrected chi connectivity index (χ4v) is 1.93. The van der Waals surface area contributed by atoms with E-state index < -0.39 is 12.7 Å². The SMILES string of the molecule is FC(F)(F)CNC1CCCCC1Cl. The molecule has 0 saturated heterocycles. The topological polar surface area (TPSA) is 12.0 Å². The number of halogens is 4. The minimum absolute atomic E-state index is 0.143. The summed E-state index contributed by atoms with van der Waals surface area (Å²) < 4.78 is 35.5. The van der Waals surface area contributed by atoms with Gasteiger partial charge in [-0.1, -0.05) is 12.8 Å². The molecule has 0 aromatic heterocycles. The van der Waals surface area contributed by atoms with Crippen molar-refractivity contribution in [2.45, 2.75) is 43.3 Å². The standard InChI is InChI=1S/C8H13ClF3N/c9-6-3-1-2-4-7(6)13-5-8(10,11)12/h6-7,13H,1-5H2.